The van der Waals surface area contributed by atoms with Gasteiger partial charge in [0.2, 0.25) is 5.91 Å². The SMILES string of the molecule is CC(C)C[C@@H](NC(=O)/C=C/c1ccco1)c1ccccc1. The first kappa shape index (κ1) is 15.1. The zero-order valence-electron chi connectivity index (χ0n) is 12.5. The zero-order chi connectivity index (χ0) is 15.1. The van der Waals surface area contributed by atoms with Gasteiger partial charge in [0.25, 0.3) is 0 Å². The summed E-state index contributed by atoms with van der Waals surface area (Å²) in [5, 5.41) is 3.06. The topological polar surface area (TPSA) is 42.2 Å². The van der Waals surface area contributed by atoms with Crippen LogP contribution in [0.5, 0.6) is 0 Å². The van der Waals surface area contributed by atoms with Crippen molar-refractivity contribution in [2.75, 3.05) is 0 Å². The molecule has 0 radical (unpaired) electrons. The molecule has 1 aromatic carbocycles. The van der Waals surface area contributed by atoms with Crippen LogP contribution in [-0.4, -0.2) is 5.91 Å². The Labute approximate surface area is 125 Å². The van der Waals surface area contributed by atoms with Crippen LogP contribution >= 0.6 is 0 Å². The zero-order valence-corrected chi connectivity index (χ0v) is 12.5. The Morgan fingerprint density at radius 1 is 1.19 bits per heavy atom. The van der Waals surface area contributed by atoms with E-state index in [4.69, 9.17) is 4.42 Å². The van der Waals surface area contributed by atoms with E-state index in [1.54, 1.807) is 18.4 Å². The van der Waals surface area contributed by atoms with Gasteiger partial charge in [-0.15, -0.1) is 0 Å². The van der Waals surface area contributed by atoms with Crippen molar-refractivity contribution in [2.24, 2.45) is 5.92 Å². The second-order valence-electron chi connectivity index (χ2n) is 5.45. The van der Waals surface area contributed by atoms with Gasteiger partial charge in [-0.05, 0) is 36.1 Å². The summed E-state index contributed by atoms with van der Waals surface area (Å²) in [6, 6.07) is 13.7. The average molecular weight is 283 g/mol. The number of hydrogen-bond acceptors (Lipinski definition) is 2. The number of hydrogen-bond donors (Lipinski definition) is 1. The lowest BCUT2D eigenvalue weighted by Gasteiger charge is -2.20. The summed E-state index contributed by atoms with van der Waals surface area (Å²) in [5.41, 5.74) is 1.13. The highest BCUT2D eigenvalue weighted by molar-refractivity contribution is 5.91. The molecule has 0 spiro atoms. The maximum Gasteiger partial charge on any atom is 0.244 e. The van der Waals surface area contributed by atoms with Gasteiger partial charge in [-0.2, -0.15) is 0 Å². The molecule has 0 aliphatic rings. The molecule has 2 aromatic rings. The summed E-state index contributed by atoms with van der Waals surface area (Å²) in [7, 11) is 0. The monoisotopic (exact) mass is 283 g/mol. The van der Waals surface area contributed by atoms with Crippen molar-refractivity contribution >= 4 is 12.0 Å². The largest absolute Gasteiger partial charge is 0.465 e. The molecule has 3 heteroatoms. The van der Waals surface area contributed by atoms with E-state index in [1.807, 2.05) is 36.4 Å². The third-order valence-corrected chi connectivity index (χ3v) is 3.17. The van der Waals surface area contributed by atoms with E-state index in [9.17, 15) is 4.79 Å². The number of benzene rings is 1. The molecular formula is C18H21NO2. The fourth-order valence-electron chi connectivity index (χ4n) is 2.20. The molecule has 1 heterocycles. The molecular weight excluding hydrogens is 262 g/mol. The number of rotatable bonds is 6. The smallest absolute Gasteiger partial charge is 0.244 e. The highest BCUT2D eigenvalue weighted by Crippen LogP contribution is 2.21. The Morgan fingerprint density at radius 3 is 2.57 bits per heavy atom. The third kappa shape index (κ3) is 4.95. The second kappa shape index (κ2) is 7.48. The molecule has 1 aromatic heterocycles. The van der Waals surface area contributed by atoms with Crippen LogP contribution in [0.1, 0.15) is 37.6 Å². The molecule has 1 atom stereocenters. The van der Waals surface area contributed by atoms with E-state index >= 15 is 0 Å². The maximum absolute atomic E-state index is 12.1. The first-order chi connectivity index (χ1) is 10.1. The average Bonchev–Trinajstić information content (AvgIpc) is 2.98. The number of nitrogens with one attached hydrogen (secondary N) is 1. The Bertz CT molecular complexity index is 571. The Morgan fingerprint density at radius 2 is 1.95 bits per heavy atom. The van der Waals surface area contributed by atoms with E-state index in [2.05, 4.69) is 19.2 Å². The highest BCUT2D eigenvalue weighted by Gasteiger charge is 2.14. The summed E-state index contributed by atoms with van der Waals surface area (Å²) in [6.07, 6.45) is 5.68. The number of furan rings is 1. The summed E-state index contributed by atoms with van der Waals surface area (Å²) >= 11 is 0. The van der Waals surface area contributed by atoms with E-state index in [0.29, 0.717) is 11.7 Å². The standard InChI is InChI=1S/C18H21NO2/c1-14(2)13-17(15-7-4-3-5-8-15)19-18(20)11-10-16-9-6-12-21-16/h3-12,14,17H,13H2,1-2H3,(H,19,20)/b11-10+/t17-/m1/s1. The molecule has 0 aliphatic carbocycles. The van der Waals surface area contributed by atoms with Crippen LogP contribution in [0.4, 0.5) is 0 Å². The number of carbonyl (C=O) groups is 1. The molecule has 2 rings (SSSR count). The fourth-order valence-corrected chi connectivity index (χ4v) is 2.20. The van der Waals surface area contributed by atoms with Crippen LogP contribution in [0.15, 0.2) is 59.2 Å². The fraction of sp³-hybridized carbons (Fsp3) is 0.278. The molecule has 0 saturated carbocycles. The van der Waals surface area contributed by atoms with Gasteiger partial charge in [0.05, 0.1) is 12.3 Å². The highest BCUT2D eigenvalue weighted by atomic mass is 16.3. The predicted molar refractivity (Wildman–Crippen MR) is 84.5 cm³/mol. The quantitative estimate of drug-likeness (QED) is 0.807. The van der Waals surface area contributed by atoms with Crippen molar-refractivity contribution < 1.29 is 9.21 Å². The first-order valence-electron chi connectivity index (χ1n) is 7.22. The lowest BCUT2D eigenvalue weighted by Crippen LogP contribution is -2.27. The van der Waals surface area contributed by atoms with Gasteiger partial charge in [-0.3, -0.25) is 4.79 Å². The van der Waals surface area contributed by atoms with Gasteiger partial charge in [0.15, 0.2) is 0 Å². The van der Waals surface area contributed by atoms with Gasteiger partial charge in [-0.1, -0.05) is 44.2 Å². The van der Waals surface area contributed by atoms with Gasteiger partial charge >= 0.3 is 0 Å². The summed E-state index contributed by atoms with van der Waals surface area (Å²) < 4.78 is 5.17. The minimum Gasteiger partial charge on any atom is -0.465 e. The van der Waals surface area contributed by atoms with Gasteiger partial charge in [0, 0.05) is 6.08 Å². The molecule has 0 unspecified atom stereocenters. The van der Waals surface area contributed by atoms with Crippen LogP contribution in [-0.2, 0) is 4.79 Å². The molecule has 1 N–H and O–H groups in total. The van der Waals surface area contributed by atoms with Gasteiger partial charge in [-0.25, -0.2) is 0 Å². The summed E-state index contributed by atoms with van der Waals surface area (Å²) in [6.45, 7) is 4.31. The predicted octanol–water partition coefficient (Wildman–Crippen LogP) is 4.20. The van der Waals surface area contributed by atoms with Crippen LogP contribution in [0.2, 0.25) is 0 Å². The van der Waals surface area contributed by atoms with Gasteiger partial charge < -0.3 is 9.73 Å². The number of carbonyl (C=O) groups excluding carboxylic acids is 1. The second-order valence-corrected chi connectivity index (χ2v) is 5.45. The molecule has 21 heavy (non-hydrogen) atoms. The van der Waals surface area contributed by atoms with E-state index in [1.165, 1.54) is 6.08 Å². The minimum atomic E-state index is -0.110. The van der Waals surface area contributed by atoms with Crippen molar-refractivity contribution in [2.45, 2.75) is 26.3 Å². The van der Waals surface area contributed by atoms with Crippen LogP contribution < -0.4 is 5.32 Å². The van der Waals surface area contributed by atoms with Crippen molar-refractivity contribution in [1.82, 2.24) is 5.32 Å². The first-order valence-corrected chi connectivity index (χ1v) is 7.22. The van der Waals surface area contributed by atoms with Gasteiger partial charge in [0.1, 0.15) is 5.76 Å². The van der Waals surface area contributed by atoms with Crippen LogP contribution in [0, 0.1) is 5.92 Å². The Kier molecular flexibility index (Phi) is 5.38. The van der Waals surface area contributed by atoms with Crippen molar-refractivity contribution in [3.8, 4) is 0 Å². The van der Waals surface area contributed by atoms with E-state index in [-0.39, 0.29) is 11.9 Å². The number of amides is 1. The molecule has 0 bridgehead atoms. The molecule has 1 amide bonds. The van der Waals surface area contributed by atoms with Crippen LogP contribution in [0.25, 0.3) is 6.08 Å². The Hall–Kier alpha value is -2.29. The molecule has 0 saturated heterocycles. The van der Waals surface area contributed by atoms with Crippen molar-refractivity contribution in [1.29, 1.82) is 0 Å². The van der Waals surface area contributed by atoms with Crippen molar-refractivity contribution in [3.05, 3.63) is 66.1 Å². The van der Waals surface area contributed by atoms with E-state index < -0.39 is 0 Å². The summed E-state index contributed by atoms with van der Waals surface area (Å²) in [4.78, 5) is 12.1. The maximum atomic E-state index is 12.1. The minimum absolute atomic E-state index is 0.0277. The van der Waals surface area contributed by atoms with Crippen molar-refractivity contribution in [3.63, 3.8) is 0 Å². The van der Waals surface area contributed by atoms with Crippen LogP contribution in [0.3, 0.4) is 0 Å². The third-order valence-electron chi connectivity index (χ3n) is 3.17. The normalized spacial score (nSPS) is 12.7. The molecule has 0 aliphatic heterocycles. The molecule has 110 valence electrons. The molecule has 3 nitrogen and oxygen atoms in total. The molecule has 0 fully saturated rings. The lowest BCUT2D eigenvalue weighted by molar-refractivity contribution is -0.117. The summed E-state index contributed by atoms with van der Waals surface area (Å²) in [5.74, 6) is 1.07. The lowest BCUT2D eigenvalue weighted by atomic mass is 9.97. The van der Waals surface area contributed by atoms with E-state index in [0.717, 1.165) is 12.0 Å². The Balaban J connectivity index is 2.03.